The fraction of sp³-hybridized carbons (Fsp3) is 0.545. The summed E-state index contributed by atoms with van der Waals surface area (Å²) in [6.45, 7) is 9.87. The zero-order valence-electron chi connectivity index (χ0n) is 34.5. The van der Waals surface area contributed by atoms with E-state index in [0.717, 1.165) is 24.8 Å². The van der Waals surface area contributed by atoms with Gasteiger partial charge in [-0.15, -0.1) is 0 Å². The highest BCUT2D eigenvalue weighted by atomic mass is 32.2. The lowest BCUT2D eigenvalue weighted by Gasteiger charge is -2.28. The van der Waals surface area contributed by atoms with E-state index in [1.54, 1.807) is 32.1 Å². The summed E-state index contributed by atoms with van der Waals surface area (Å²) in [7, 11) is -0.791. The van der Waals surface area contributed by atoms with Crippen LogP contribution in [0.15, 0.2) is 54.6 Å². The average molecular weight is 817 g/mol. The molecule has 2 N–H and O–H groups in total. The molecule has 2 aliphatic carbocycles. The summed E-state index contributed by atoms with van der Waals surface area (Å²) in [4.78, 5) is 49.1. The molecule has 14 heteroatoms. The first-order valence-electron chi connectivity index (χ1n) is 20.4. The molecule has 7 rings (SSSR count). The molecule has 312 valence electrons. The largest absolute Gasteiger partial charge is 0.497 e. The molecule has 6 atom stereocenters. The highest BCUT2D eigenvalue weighted by molar-refractivity contribution is 7.91. The Morgan fingerprint density at radius 2 is 1.71 bits per heavy atom. The molecule has 2 saturated carbocycles. The second kappa shape index (κ2) is 16.1. The van der Waals surface area contributed by atoms with Crippen molar-refractivity contribution in [2.45, 2.75) is 115 Å². The monoisotopic (exact) mass is 816 g/mol. The van der Waals surface area contributed by atoms with Crippen molar-refractivity contribution in [2.24, 2.45) is 17.8 Å². The molecule has 0 bridgehead atoms. The Hall–Kier alpha value is -4.85. The van der Waals surface area contributed by atoms with Crippen LogP contribution in [0.4, 0.5) is 0 Å². The summed E-state index contributed by atoms with van der Waals surface area (Å²) in [5.41, 5.74) is -0.181. The number of pyridine rings is 1. The second-order valence-corrected chi connectivity index (χ2v) is 19.4. The van der Waals surface area contributed by atoms with Crippen molar-refractivity contribution in [1.82, 2.24) is 19.9 Å². The minimum Gasteiger partial charge on any atom is -0.497 e. The van der Waals surface area contributed by atoms with Gasteiger partial charge >= 0.3 is 0 Å². The number of rotatable bonds is 10. The SMILES string of the molecule is COc1ccc2c(O[C@@H]3C[C@H]4C(=O)N[C@]5(C(=O)NS(=O)(=O)C6(C)CC6)C[C@H]5/C=C\CC[C@@H](C)C[C@@H](C)CC(=O)N4C3)nc(-c3ccc(OC(C)C)cc3)c(OC)c2c1. The molecule has 3 amide bonds. The van der Waals surface area contributed by atoms with Crippen LogP contribution in [0.5, 0.6) is 23.1 Å². The van der Waals surface area contributed by atoms with Gasteiger partial charge in [0.15, 0.2) is 5.75 Å². The number of allylic oxidation sites excluding steroid dienone is 1. The van der Waals surface area contributed by atoms with Gasteiger partial charge in [0, 0.05) is 35.1 Å². The molecule has 3 aromatic rings. The van der Waals surface area contributed by atoms with Crippen LogP contribution in [-0.4, -0.2) is 85.3 Å². The maximum absolute atomic E-state index is 14.5. The van der Waals surface area contributed by atoms with E-state index in [4.69, 9.17) is 23.9 Å². The lowest BCUT2D eigenvalue weighted by atomic mass is 9.91. The first-order chi connectivity index (χ1) is 27.6. The summed E-state index contributed by atoms with van der Waals surface area (Å²) in [6, 6.07) is 12.1. The summed E-state index contributed by atoms with van der Waals surface area (Å²) in [6.07, 6.45) is 7.34. The van der Waals surface area contributed by atoms with Crippen LogP contribution in [0.1, 0.15) is 86.0 Å². The van der Waals surface area contributed by atoms with Gasteiger partial charge in [0.1, 0.15) is 34.9 Å². The normalized spacial score (nSPS) is 27.7. The number of carbonyl (C=O) groups is 3. The van der Waals surface area contributed by atoms with E-state index in [1.807, 2.05) is 62.4 Å². The molecule has 58 heavy (non-hydrogen) atoms. The van der Waals surface area contributed by atoms with Gasteiger partial charge in [-0.2, -0.15) is 0 Å². The number of ether oxygens (including phenoxy) is 4. The Balaban J connectivity index is 1.22. The number of benzene rings is 2. The number of carbonyl (C=O) groups excluding carboxylic acids is 3. The van der Waals surface area contributed by atoms with Crippen molar-refractivity contribution in [3.05, 3.63) is 54.6 Å². The second-order valence-electron chi connectivity index (χ2n) is 17.3. The minimum atomic E-state index is -3.96. The van der Waals surface area contributed by atoms with E-state index in [-0.39, 0.29) is 43.7 Å². The smallest absolute Gasteiger partial charge is 0.259 e. The number of fused-ring (bicyclic) bond motifs is 3. The van der Waals surface area contributed by atoms with Crippen LogP contribution in [0.25, 0.3) is 22.0 Å². The Bertz CT molecular complexity index is 2200. The number of hydrogen-bond donors (Lipinski definition) is 2. The molecular formula is C44H56N4O9S. The van der Waals surface area contributed by atoms with Gasteiger partial charge in [0.25, 0.3) is 5.91 Å². The maximum atomic E-state index is 14.5. The number of hydrogen-bond acceptors (Lipinski definition) is 10. The number of nitrogens with zero attached hydrogens (tertiary/aromatic N) is 2. The van der Waals surface area contributed by atoms with Gasteiger partial charge in [-0.3, -0.25) is 19.1 Å². The highest BCUT2D eigenvalue weighted by Crippen LogP contribution is 2.48. The van der Waals surface area contributed by atoms with Crippen molar-refractivity contribution in [3.63, 3.8) is 0 Å². The fourth-order valence-electron chi connectivity index (χ4n) is 8.40. The van der Waals surface area contributed by atoms with Crippen molar-refractivity contribution in [3.8, 4) is 34.4 Å². The molecule has 0 spiro atoms. The molecule has 1 aromatic heterocycles. The summed E-state index contributed by atoms with van der Waals surface area (Å²) < 4.78 is 51.8. The zero-order valence-corrected chi connectivity index (χ0v) is 35.3. The third-order valence-corrected chi connectivity index (χ3v) is 14.3. The quantitative estimate of drug-likeness (QED) is 0.221. The molecular weight excluding hydrogens is 761 g/mol. The number of nitrogens with one attached hydrogen (secondary N) is 2. The van der Waals surface area contributed by atoms with E-state index in [1.165, 1.54) is 0 Å². The minimum absolute atomic E-state index is 0.00492. The molecule has 0 radical (unpaired) electrons. The van der Waals surface area contributed by atoms with E-state index in [0.29, 0.717) is 58.4 Å². The molecule has 2 aromatic carbocycles. The van der Waals surface area contributed by atoms with Gasteiger partial charge in [-0.1, -0.05) is 26.0 Å². The summed E-state index contributed by atoms with van der Waals surface area (Å²) >= 11 is 0. The summed E-state index contributed by atoms with van der Waals surface area (Å²) in [5, 5.41) is 4.31. The van der Waals surface area contributed by atoms with Gasteiger partial charge < -0.3 is 29.2 Å². The van der Waals surface area contributed by atoms with Crippen LogP contribution >= 0.6 is 0 Å². The van der Waals surface area contributed by atoms with Crippen molar-refractivity contribution >= 4 is 38.5 Å². The molecule has 13 nitrogen and oxygen atoms in total. The van der Waals surface area contributed by atoms with Crippen LogP contribution in [0.3, 0.4) is 0 Å². The zero-order chi connectivity index (χ0) is 41.6. The van der Waals surface area contributed by atoms with Crippen molar-refractivity contribution in [2.75, 3.05) is 20.8 Å². The third kappa shape index (κ3) is 8.35. The summed E-state index contributed by atoms with van der Waals surface area (Å²) in [5.74, 6) is 0.690. The highest BCUT2D eigenvalue weighted by Gasteiger charge is 2.63. The van der Waals surface area contributed by atoms with E-state index in [9.17, 15) is 22.8 Å². The van der Waals surface area contributed by atoms with Crippen molar-refractivity contribution in [1.29, 1.82) is 0 Å². The van der Waals surface area contributed by atoms with Gasteiger partial charge in [0.2, 0.25) is 27.7 Å². The first-order valence-corrected chi connectivity index (χ1v) is 21.9. The molecule has 1 saturated heterocycles. The van der Waals surface area contributed by atoms with Gasteiger partial charge in [-0.05, 0) is 114 Å². The van der Waals surface area contributed by atoms with Crippen LogP contribution in [-0.2, 0) is 24.4 Å². The average Bonchev–Trinajstić information content (AvgIpc) is 4.06. The van der Waals surface area contributed by atoms with Crippen LogP contribution in [0, 0.1) is 17.8 Å². The lowest BCUT2D eigenvalue weighted by molar-refractivity contribution is -0.140. The van der Waals surface area contributed by atoms with Gasteiger partial charge in [0.05, 0.1) is 31.6 Å². The topological polar surface area (TPSA) is 162 Å². The Morgan fingerprint density at radius 3 is 2.38 bits per heavy atom. The Morgan fingerprint density at radius 1 is 0.983 bits per heavy atom. The fourth-order valence-corrected chi connectivity index (χ4v) is 9.71. The molecule has 2 aliphatic heterocycles. The molecule has 4 aliphatic rings. The van der Waals surface area contributed by atoms with E-state index in [2.05, 4.69) is 23.9 Å². The van der Waals surface area contributed by atoms with E-state index < -0.39 is 50.2 Å². The number of methoxy groups -OCH3 is 2. The van der Waals surface area contributed by atoms with Crippen LogP contribution < -0.4 is 29.0 Å². The van der Waals surface area contributed by atoms with Crippen LogP contribution in [0.2, 0.25) is 0 Å². The van der Waals surface area contributed by atoms with E-state index >= 15 is 0 Å². The van der Waals surface area contributed by atoms with Crippen molar-refractivity contribution < 1.29 is 41.7 Å². The number of aromatic nitrogens is 1. The predicted octanol–water partition coefficient (Wildman–Crippen LogP) is 6.33. The molecule has 3 heterocycles. The number of sulfonamides is 1. The lowest BCUT2D eigenvalue weighted by Crippen LogP contribution is -2.57. The maximum Gasteiger partial charge on any atom is 0.259 e. The molecule has 0 unspecified atom stereocenters. The third-order valence-electron chi connectivity index (χ3n) is 12.1. The number of amides is 3. The Labute approximate surface area is 341 Å². The first kappa shape index (κ1) is 41.3. The predicted molar refractivity (Wildman–Crippen MR) is 220 cm³/mol. The van der Waals surface area contributed by atoms with Gasteiger partial charge in [-0.25, -0.2) is 13.4 Å². The Kier molecular flexibility index (Phi) is 11.4. The standard InChI is InChI=1S/C44H56N4O9S/c1-26(2)56-31-14-12-29(13-15-31)38-39(55-7)35-22-32(54-6)16-17-34(35)41(45-38)57-33-23-36-40(50)46-44(42(51)47-58(52,53)43(5)18-19-43)24-30(44)11-9-8-10-27(3)20-28(4)21-37(49)48(36)25-33/h9,11-17,22,26-28,30,33,36H,8,10,18-21,23-25H2,1-7H3,(H,46,50)(H,47,51)/b11-9-/t27-,28-,30-,33-,36+,44-/m1/s1. The molecule has 3 fully saturated rings.